The van der Waals surface area contributed by atoms with Crippen LogP contribution in [-0.2, 0) is 47.6 Å². The van der Waals surface area contributed by atoms with Crippen LogP contribution in [0.25, 0.3) is 0 Å². The Hall–Kier alpha value is -2.34. The second kappa shape index (κ2) is 13.0. The van der Waals surface area contributed by atoms with E-state index in [1.165, 1.54) is 13.8 Å². The molecule has 0 radical (unpaired) electrons. The standard InChI is InChI=1S/C34H48O11/c1-17(2)9-20-5-6-22-21-7-8-24-23-12-40-15-34(24,25(21)10-26(37)31(22)30(20)33(38)39)11-27(45-19(4)36)32(23)42-14-29-28(43-16-44-29)13-41-18(3)35/h10,17,20-24,27-32H,5-9,11-16H2,1-4H3,(H,38,39)/t20?,21?,22?,23?,24?,27-,28+,29?,30?,31?,32-,34+/m1/s1. The molecular formula is C34H48O11. The zero-order valence-electron chi connectivity index (χ0n) is 26.8. The zero-order chi connectivity index (χ0) is 32.0. The van der Waals surface area contributed by atoms with E-state index < -0.39 is 59.6 Å². The molecule has 45 heavy (non-hydrogen) atoms. The smallest absolute Gasteiger partial charge is 0.307 e. The molecule has 2 heterocycles. The summed E-state index contributed by atoms with van der Waals surface area (Å²) in [6.07, 6.45) is 4.63. The summed E-state index contributed by atoms with van der Waals surface area (Å²) in [5.74, 6) is -2.32. The number of aliphatic carboxylic acids is 1. The van der Waals surface area contributed by atoms with E-state index in [1.54, 1.807) is 6.08 Å². The van der Waals surface area contributed by atoms with Gasteiger partial charge in [0.05, 0.1) is 31.8 Å². The summed E-state index contributed by atoms with van der Waals surface area (Å²) in [4.78, 5) is 50.4. The maximum atomic E-state index is 14.0. The van der Waals surface area contributed by atoms with Crippen LogP contribution in [-0.4, -0.2) is 86.4 Å². The van der Waals surface area contributed by atoms with Crippen LogP contribution in [0.5, 0.6) is 0 Å². The van der Waals surface area contributed by atoms with Crippen molar-refractivity contribution in [3.63, 3.8) is 0 Å². The Balaban J connectivity index is 1.27. The van der Waals surface area contributed by atoms with Gasteiger partial charge >= 0.3 is 17.9 Å². The van der Waals surface area contributed by atoms with Crippen LogP contribution in [0.2, 0.25) is 0 Å². The highest BCUT2D eigenvalue weighted by molar-refractivity contribution is 5.97. The predicted octanol–water partition coefficient (Wildman–Crippen LogP) is 3.57. The molecule has 11 heteroatoms. The third-order valence-electron chi connectivity index (χ3n) is 11.6. The number of hydrogen-bond acceptors (Lipinski definition) is 10. The molecule has 8 unspecified atom stereocenters. The first-order chi connectivity index (χ1) is 21.5. The van der Waals surface area contributed by atoms with Gasteiger partial charge in [-0.15, -0.1) is 0 Å². The Labute approximate surface area is 264 Å². The lowest BCUT2D eigenvalue weighted by Crippen LogP contribution is -2.64. The summed E-state index contributed by atoms with van der Waals surface area (Å²) in [6, 6.07) is 0. The van der Waals surface area contributed by atoms with Gasteiger partial charge in [0.15, 0.2) is 5.78 Å². The molecular weight excluding hydrogens is 584 g/mol. The third kappa shape index (κ3) is 6.10. The molecule has 4 aliphatic carbocycles. The van der Waals surface area contributed by atoms with Crippen LogP contribution in [0, 0.1) is 52.8 Å². The summed E-state index contributed by atoms with van der Waals surface area (Å²) in [7, 11) is 0. The number of ketones is 1. The fourth-order valence-electron chi connectivity index (χ4n) is 10.1. The molecule has 12 atom stereocenters. The summed E-state index contributed by atoms with van der Waals surface area (Å²) >= 11 is 0. The van der Waals surface area contributed by atoms with Gasteiger partial charge in [0.25, 0.3) is 0 Å². The van der Waals surface area contributed by atoms with Crippen LogP contribution in [0.3, 0.4) is 0 Å². The van der Waals surface area contributed by atoms with E-state index in [-0.39, 0.29) is 55.4 Å². The number of esters is 2. The fraction of sp³-hybridized carbons (Fsp3) is 0.824. The van der Waals surface area contributed by atoms with Crippen molar-refractivity contribution in [3.8, 4) is 0 Å². The second-order valence-electron chi connectivity index (χ2n) is 14.6. The molecule has 0 amide bonds. The molecule has 2 aliphatic heterocycles. The van der Waals surface area contributed by atoms with E-state index >= 15 is 0 Å². The van der Waals surface area contributed by atoms with Crippen molar-refractivity contribution < 1.29 is 52.7 Å². The lowest BCUT2D eigenvalue weighted by molar-refractivity contribution is -0.228. The third-order valence-corrected chi connectivity index (χ3v) is 11.6. The molecule has 0 aromatic heterocycles. The lowest BCUT2D eigenvalue weighted by Gasteiger charge is -2.63. The molecule has 11 nitrogen and oxygen atoms in total. The van der Waals surface area contributed by atoms with Gasteiger partial charge in [-0.05, 0) is 74.2 Å². The SMILES string of the molecule is CC(=O)OC[C@@H]1OCOC1CO[C@@H]1C2COC[C@]3(C[C@H]1OC(C)=O)C1=CC(=O)C4C(CCC(CC(C)C)C4C(=O)O)C1CCC23. The van der Waals surface area contributed by atoms with Crippen molar-refractivity contribution in [2.24, 2.45) is 52.8 Å². The Kier molecular flexibility index (Phi) is 9.45. The summed E-state index contributed by atoms with van der Waals surface area (Å²) < 4.78 is 35.3. The Morgan fingerprint density at radius 2 is 1.78 bits per heavy atom. The molecule has 2 saturated heterocycles. The van der Waals surface area contributed by atoms with Crippen molar-refractivity contribution in [1.82, 2.24) is 0 Å². The fourth-order valence-corrected chi connectivity index (χ4v) is 10.1. The first-order valence-electron chi connectivity index (χ1n) is 16.7. The molecule has 6 rings (SSSR count). The number of carboxylic acid groups (broad SMARTS) is 1. The second-order valence-corrected chi connectivity index (χ2v) is 14.6. The normalized spacial score (nSPS) is 42.2. The van der Waals surface area contributed by atoms with E-state index in [4.69, 9.17) is 28.4 Å². The van der Waals surface area contributed by atoms with Gasteiger partial charge in [-0.1, -0.05) is 19.4 Å². The van der Waals surface area contributed by atoms with E-state index in [0.717, 1.165) is 37.7 Å². The van der Waals surface area contributed by atoms with Gasteiger partial charge in [0.1, 0.15) is 31.7 Å². The molecule has 3 saturated carbocycles. The molecule has 1 N–H and O–H groups in total. The first-order valence-corrected chi connectivity index (χ1v) is 16.7. The predicted molar refractivity (Wildman–Crippen MR) is 157 cm³/mol. The van der Waals surface area contributed by atoms with Gasteiger partial charge in [0, 0.05) is 31.1 Å². The van der Waals surface area contributed by atoms with Crippen LogP contribution in [0.4, 0.5) is 0 Å². The molecule has 5 fully saturated rings. The number of carbonyl (C=O) groups is 4. The summed E-state index contributed by atoms with van der Waals surface area (Å²) in [5.41, 5.74) is 0.593. The summed E-state index contributed by atoms with van der Waals surface area (Å²) in [5, 5.41) is 10.4. The zero-order valence-corrected chi connectivity index (χ0v) is 26.8. The van der Waals surface area contributed by atoms with Crippen LogP contribution >= 0.6 is 0 Å². The maximum Gasteiger partial charge on any atom is 0.307 e. The van der Waals surface area contributed by atoms with E-state index in [9.17, 15) is 24.3 Å². The molecule has 2 bridgehead atoms. The van der Waals surface area contributed by atoms with Crippen LogP contribution in [0.1, 0.15) is 66.2 Å². The Morgan fingerprint density at radius 1 is 1.02 bits per heavy atom. The molecule has 0 aromatic rings. The van der Waals surface area contributed by atoms with Crippen molar-refractivity contribution in [2.75, 3.05) is 33.2 Å². The highest BCUT2D eigenvalue weighted by Crippen LogP contribution is 2.64. The molecule has 250 valence electrons. The minimum atomic E-state index is -0.854. The van der Waals surface area contributed by atoms with Crippen LogP contribution in [0.15, 0.2) is 11.6 Å². The average Bonchev–Trinajstić information content (AvgIpc) is 3.42. The number of fused-ring (bicyclic) bond motifs is 3. The summed E-state index contributed by atoms with van der Waals surface area (Å²) in [6.45, 7) is 8.16. The minimum Gasteiger partial charge on any atom is -0.481 e. The van der Waals surface area contributed by atoms with Gasteiger partial charge in [-0.2, -0.15) is 0 Å². The van der Waals surface area contributed by atoms with E-state index in [2.05, 4.69) is 13.8 Å². The largest absolute Gasteiger partial charge is 0.481 e. The van der Waals surface area contributed by atoms with Crippen LogP contribution < -0.4 is 0 Å². The van der Waals surface area contributed by atoms with Crippen molar-refractivity contribution in [3.05, 3.63) is 11.6 Å². The van der Waals surface area contributed by atoms with E-state index in [1.807, 2.05) is 0 Å². The lowest BCUT2D eigenvalue weighted by atomic mass is 9.45. The number of carboxylic acids is 1. The number of carbonyl (C=O) groups excluding carboxylic acids is 3. The van der Waals surface area contributed by atoms with Crippen molar-refractivity contribution in [1.29, 1.82) is 0 Å². The number of hydrogen-bond donors (Lipinski definition) is 1. The highest BCUT2D eigenvalue weighted by atomic mass is 16.7. The quantitative estimate of drug-likeness (QED) is 0.373. The highest BCUT2D eigenvalue weighted by Gasteiger charge is 2.64. The number of rotatable bonds is 9. The molecule has 0 spiro atoms. The molecule has 0 aromatic carbocycles. The van der Waals surface area contributed by atoms with Crippen molar-refractivity contribution >= 4 is 23.7 Å². The maximum absolute atomic E-state index is 14.0. The number of allylic oxidation sites excluding steroid dienone is 1. The van der Waals surface area contributed by atoms with E-state index in [0.29, 0.717) is 25.6 Å². The number of ether oxygens (including phenoxy) is 6. The average molecular weight is 633 g/mol. The van der Waals surface area contributed by atoms with Crippen molar-refractivity contribution in [2.45, 2.75) is 90.6 Å². The monoisotopic (exact) mass is 632 g/mol. The first kappa shape index (κ1) is 32.6. The Morgan fingerprint density at radius 3 is 2.47 bits per heavy atom. The van der Waals surface area contributed by atoms with Gasteiger partial charge in [-0.25, -0.2) is 0 Å². The Bertz CT molecular complexity index is 1200. The van der Waals surface area contributed by atoms with Gasteiger partial charge in [0.2, 0.25) is 0 Å². The minimum absolute atomic E-state index is 0.00310. The topological polar surface area (TPSA) is 144 Å². The molecule has 6 aliphatic rings. The van der Waals surface area contributed by atoms with Gasteiger partial charge < -0.3 is 33.5 Å². The van der Waals surface area contributed by atoms with Gasteiger partial charge in [-0.3, -0.25) is 19.2 Å².